The molecule has 2 aromatic rings. The molecule has 5 heteroatoms. The van der Waals surface area contributed by atoms with Gasteiger partial charge < -0.3 is 10.6 Å². The van der Waals surface area contributed by atoms with Crippen molar-refractivity contribution in [1.29, 1.82) is 0 Å². The molecular formula is C25H27N3O2. The van der Waals surface area contributed by atoms with Gasteiger partial charge in [-0.05, 0) is 43.4 Å². The zero-order valence-electron chi connectivity index (χ0n) is 17.9. The van der Waals surface area contributed by atoms with Crippen molar-refractivity contribution in [1.82, 2.24) is 10.3 Å². The lowest BCUT2D eigenvalue weighted by Crippen LogP contribution is -2.39. The summed E-state index contributed by atoms with van der Waals surface area (Å²) in [4.78, 5) is 31.0. The van der Waals surface area contributed by atoms with Gasteiger partial charge in [0.25, 0.3) is 5.91 Å². The van der Waals surface area contributed by atoms with E-state index in [2.05, 4.69) is 29.5 Å². The van der Waals surface area contributed by atoms with E-state index in [1.807, 2.05) is 56.3 Å². The van der Waals surface area contributed by atoms with Crippen molar-refractivity contribution in [3.05, 3.63) is 82.3 Å². The van der Waals surface area contributed by atoms with Crippen LogP contribution in [0, 0.1) is 12.3 Å². The van der Waals surface area contributed by atoms with Crippen molar-refractivity contribution in [3.63, 3.8) is 0 Å². The van der Waals surface area contributed by atoms with Crippen LogP contribution in [0.1, 0.15) is 50.8 Å². The van der Waals surface area contributed by atoms with E-state index in [1.54, 1.807) is 6.07 Å². The fourth-order valence-electron chi connectivity index (χ4n) is 4.51. The van der Waals surface area contributed by atoms with Gasteiger partial charge in [-0.2, -0.15) is 0 Å². The second-order valence-corrected chi connectivity index (χ2v) is 8.96. The Bertz CT molecular complexity index is 1080. The number of hydrogen-bond donors (Lipinski definition) is 2. The van der Waals surface area contributed by atoms with E-state index in [-0.39, 0.29) is 17.1 Å². The molecule has 1 aliphatic heterocycles. The number of aryl methyl sites for hydroxylation is 1. The smallest absolute Gasteiger partial charge is 0.255 e. The van der Waals surface area contributed by atoms with Crippen LogP contribution in [0.5, 0.6) is 0 Å². The number of hydrogen-bond acceptors (Lipinski definition) is 4. The molecule has 0 spiro atoms. The Labute approximate surface area is 177 Å². The van der Waals surface area contributed by atoms with Crippen molar-refractivity contribution in [2.45, 2.75) is 46.5 Å². The summed E-state index contributed by atoms with van der Waals surface area (Å²) in [7, 11) is 0. The number of dihydropyridines is 1. The molecule has 2 aliphatic rings. The van der Waals surface area contributed by atoms with Crippen molar-refractivity contribution >= 4 is 17.5 Å². The van der Waals surface area contributed by atoms with Crippen LogP contribution in [0.15, 0.2) is 71.1 Å². The third-order valence-electron chi connectivity index (χ3n) is 5.75. The van der Waals surface area contributed by atoms with Crippen LogP contribution in [0.3, 0.4) is 0 Å². The highest BCUT2D eigenvalue weighted by Gasteiger charge is 2.42. The number of amides is 1. The van der Waals surface area contributed by atoms with Crippen molar-refractivity contribution < 1.29 is 9.59 Å². The number of aromatic nitrogens is 1. The van der Waals surface area contributed by atoms with E-state index in [1.165, 1.54) is 0 Å². The number of anilines is 1. The average Bonchev–Trinajstić information content (AvgIpc) is 2.66. The zero-order chi connectivity index (χ0) is 21.5. The topological polar surface area (TPSA) is 71.1 Å². The Morgan fingerprint density at radius 2 is 1.80 bits per heavy atom. The third kappa shape index (κ3) is 3.80. The van der Waals surface area contributed by atoms with Gasteiger partial charge in [0.05, 0.1) is 0 Å². The summed E-state index contributed by atoms with van der Waals surface area (Å²) < 4.78 is 0. The van der Waals surface area contributed by atoms with Crippen molar-refractivity contribution in [2.24, 2.45) is 5.41 Å². The molecule has 0 saturated heterocycles. The largest absolute Gasteiger partial charge is 0.362 e. The predicted molar refractivity (Wildman–Crippen MR) is 118 cm³/mol. The van der Waals surface area contributed by atoms with Gasteiger partial charge in [-0.15, -0.1) is 0 Å². The highest BCUT2D eigenvalue weighted by molar-refractivity contribution is 6.09. The van der Waals surface area contributed by atoms with E-state index < -0.39 is 5.92 Å². The number of nitrogens with one attached hydrogen (secondary N) is 2. The molecule has 0 saturated carbocycles. The van der Waals surface area contributed by atoms with E-state index >= 15 is 0 Å². The van der Waals surface area contributed by atoms with Gasteiger partial charge >= 0.3 is 0 Å². The second-order valence-electron chi connectivity index (χ2n) is 8.96. The Balaban J connectivity index is 1.79. The molecular weight excluding hydrogens is 374 g/mol. The zero-order valence-corrected chi connectivity index (χ0v) is 17.9. The van der Waals surface area contributed by atoms with Gasteiger partial charge in [-0.25, -0.2) is 4.98 Å². The van der Waals surface area contributed by atoms with Crippen LogP contribution >= 0.6 is 0 Å². The first-order valence-corrected chi connectivity index (χ1v) is 10.3. The number of carbonyl (C=O) groups is 2. The van der Waals surface area contributed by atoms with Crippen LogP contribution in [0.25, 0.3) is 0 Å². The van der Waals surface area contributed by atoms with Gasteiger partial charge in [0.2, 0.25) is 0 Å². The quantitative estimate of drug-likeness (QED) is 0.786. The average molecular weight is 402 g/mol. The molecule has 0 radical (unpaired) electrons. The van der Waals surface area contributed by atoms with Crippen LogP contribution in [-0.2, 0) is 9.59 Å². The standard InChI is InChI=1S/C25H27N3O2/c1-15-9-8-12-20(26-15)28-24(30)21-16(2)27-18-13-25(3,4)14-19(29)23(18)22(21)17-10-6-5-7-11-17/h5-12,22,27H,13-14H2,1-4H3,(H,26,28,30)/t22-/m0/s1. The van der Waals surface area contributed by atoms with E-state index in [4.69, 9.17) is 0 Å². The fourth-order valence-corrected chi connectivity index (χ4v) is 4.51. The summed E-state index contributed by atoms with van der Waals surface area (Å²) in [5.41, 5.74) is 4.67. The normalized spacial score (nSPS) is 20.5. The summed E-state index contributed by atoms with van der Waals surface area (Å²) in [6.07, 6.45) is 1.26. The van der Waals surface area contributed by atoms with Gasteiger partial charge in [0, 0.05) is 40.6 Å². The molecule has 1 atom stereocenters. The molecule has 2 N–H and O–H groups in total. The monoisotopic (exact) mass is 401 g/mol. The van der Waals surface area contributed by atoms with Gasteiger partial charge in [0.1, 0.15) is 5.82 Å². The molecule has 2 heterocycles. The maximum atomic E-state index is 13.4. The SMILES string of the molecule is CC1=C(C(=O)Nc2cccc(C)n2)[C@H](c2ccccc2)C2=C(CC(C)(C)CC2=O)N1. The Kier molecular flexibility index (Phi) is 5.06. The summed E-state index contributed by atoms with van der Waals surface area (Å²) in [5, 5.41) is 6.32. The molecule has 1 aliphatic carbocycles. The number of nitrogens with zero attached hydrogens (tertiary/aromatic N) is 1. The number of ketones is 1. The minimum atomic E-state index is -0.393. The molecule has 1 aromatic heterocycles. The Morgan fingerprint density at radius 3 is 2.50 bits per heavy atom. The van der Waals surface area contributed by atoms with Crippen molar-refractivity contribution in [2.75, 3.05) is 5.32 Å². The minimum absolute atomic E-state index is 0.102. The lowest BCUT2D eigenvalue weighted by Gasteiger charge is -2.39. The number of Topliss-reactive ketones (excluding diaryl/α,β-unsaturated/α-hetero) is 1. The molecule has 4 rings (SSSR count). The second kappa shape index (κ2) is 7.56. The number of allylic oxidation sites excluding steroid dienone is 3. The van der Waals surface area contributed by atoms with Gasteiger partial charge in [-0.3, -0.25) is 9.59 Å². The highest BCUT2D eigenvalue weighted by atomic mass is 16.2. The molecule has 30 heavy (non-hydrogen) atoms. The molecule has 0 bridgehead atoms. The number of pyridine rings is 1. The maximum Gasteiger partial charge on any atom is 0.255 e. The van der Waals surface area contributed by atoms with Gasteiger partial charge in [0.15, 0.2) is 5.78 Å². The van der Waals surface area contributed by atoms with Crippen LogP contribution in [0.4, 0.5) is 5.82 Å². The first-order chi connectivity index (χ1) is 14.2. The fraction of sp³-hybridized carbons (Fsp3) is 0.320. The Morgan fingerprint density at radius 1 is 1.07 bits per heavy atom. The lowest BCUT2D eigenvalue weighted by atomic mass is 9.68. The molecule has 1 amide bonds. The summed E-state index contributed by atoms with van der Waals surface area (Å²) >= 11 is 0. The number of rotatable bonds is 3. The molecule has 1 aromatic carbocycles. The molecule has 5 nitrogen and oxygen atoms in total. The predicted octanol–water partition coefficient (Wildman–Crippen LogP) is 4.63. The highest BCUT2D eigenvalue weighted by Crippen LogP contribution is 2.46. The molecule has 154 valence electrons. The summed E-state index contributed by atoms with van der Waals surface area (Å²) in [5.74, 6) is -0.0240. The van der Waals surface area contributed by atoms with Gasteiger partial charge in [-0.1, -0.05) is 50.2 Å². The third-order valence-corrected chi connectivity index (χ3v) is 5.75. The summed E-state index contributed by atoms with van der Waals surface area (Å²) in [6, 6.07) is 15.3. The minimum Gasteiger partial charge on any atom is -0.362 e. The van der Waals surface area contributed by atoms with E-state index in [0.717, 1.165) is 29.1 Å². The van der Waals surface area contributed by atoms with E-state index in [0.29, 0.717) is 23.4 Å². The Hall–Kier alpha value is -3.21. The molecule has 0 fully saturated rings. The van der Waals surface area contributed by atoms with Crippen molar-refractivity contribution in [3.8, 4) is 0 Å². The molecule has 0 unspecified atom stereocenters. The first kappa shape index (κ1) is 20.1. The van der Waals surface area contributed by atoms with Crippen LogP contribution < -0.4 is 10.6 Å². The number of carbonyl (C=O) groups excluding carboxylic acids is 2. The van der Waals surface area contributed by atoms with E-state index in [9.17, 15) is 9.59 Å². The first-order valence-electron chi connectivity index (χ1n) is 10.3. The number of benzene rings is 1. The van der Waals surface area contributed by atoms with Crippen LogP contribution in [0.2, 0.25) is 0 Å². The summed E-state index contributed by atoms with van der Waals surface area (Å²) in [6.45, 7) is 8.01. The van der Waals surface area contributed by atoms with Crippen LogP contribution in [-0.4, -0.2) is 16.7 Å². The maximum absolute atomic E-state index is 13.4. The lowest BCUT2D eigenvalue weighted by molar-refractivity contribution is -0.118.